The maximum Gasteiger partial charge on any atom is 0.226 e. The Bertz CT molecular complexity index is 672. The summed E-state index contributed by atoms with van der Waals surface area (Å²) in [6.45, 7) is -0.308. The van der Waals surface area contributed by atoms with Crippen LogP contribution in [0.15, 0.2) is 23.5 Å². The Morgan fingerprint density at radius 3 is 3.04 bits per heavy atom. The number of nitrogens with two attached hydrogens (primary N) is 1. The molecule has 1 aromatic rings. The average Bonchev–Trinajstić information content (AvgIpc) is 3.08. The van der Waals surface area contributed by atoms with Crippen molar-refractivity contribution in [3.63, 3.8) is 0 Å². The normalized spacial score (nSPS) is 33.3. The van der Waals surface area contributed by atoms with Crippen molar-refractivity contribution < 1.29 is 24.9 Å². The van der Waals surface area contributed by atoms with Gasteiger partial charge in [0.15, 0.2) is 5.96 Å². The molecule has 0 saturated carbocycles. The Hall–Kier alpha value is -2.27. The molecular formula is C13H17N5O5. The SMILES string of the molecule is NC1=NC(O)(C=CC=O)c2ncn([C@H]3C[C@H](O)[C@@H](CO)O3)c2N1. The molecule has 10 nitrogen and oxygen atoms in total. The smallest absolute Gasteiger partial charge is 0.226 e. The molecule has 124 valence electrons. The Morgan fingerprint density at radius 2 is 2.39 bits per heavy atom. The molecule has 2 aliphatic heterocycles. The lowest BCUT2D eigenvalue weighted by molar-refractivity contribution is -0.104. The summed E-state index contributed by atoms with van der Waals surface area (Å²) in [6, 6.07) is 0. The van der Waals surface area contributed by atoms with Crippen LogP contribution in [-0.2, 0) is 15.3 Å². The number of hydrogen-bond donors (Lipinski definition) is 5. The number of fused-ring (bicyclic) bond motifs is 1. The highest BCUT2D eigenvalue weighted by atomic mass is 16.5. The number of aliphatic imine (C=N–C) groups is 1. The Labute approximate surface area is 130 Å². The number of guanidine groups is 1. The number of aldehydes is 1. The molecule has 10 heteroatoms. The number of rotatable bonds is 4. The van der Waals surface area contributed by atoms with Gasteiger partial charge in [0.1, 0.15) is 30.1 Å². The molecule has 0 aromatic carbocycles. The molecule has 0 amide bonds. The molecule has 23 heavy (non-hydrogen) atoms. The molecule has 2 aliphatic rings. The average molecular weight is 323 g/mol. The third-order valence-electron chi connectivity index (χ3n) is 3.78. The highest BCUT2D eigenvalue weighted by Crippen LogP contribution is 2.38. The predicted molar refractivity (Wildman–Crippen MR) is 78.2 cm³/mol. The standard InChI is InChI=1S/C13H17N5O5/c14-12-16-11-10(13(22,17-12)2-1-3-19)15-6-18(11)9-4-7(21)8(5-20)23-9/h1-3,6-9,20-22H,4-5H2,(H3,14,16,17)/t7-,8+,9+,13?/m0/s1. The monoisotopic (exact) mass is 323 g/mol. The van der Waals surface area contributed by atoms with E-state index >= 15 is 0 Å². The number of nitrogens with zero attached hydrogens (tertiary/aromatic N) is 3. The fourth-order valence-corrected chi connectivity index (χ4v) is 2.70. The number of hydrogen-bond acceptors (Lipinski definition) is 9. The van der Waals surface area contributed by atoms with Crippen molar-refractivity contribution in [1.29, 1.82) is 0 Å². The van der Waals surface area contributed by atoms with Crippen LogP contribution >= 0.6 is 0 Å². The first-order valence-electron chi connectivity index (χ1n) is 6.98. The van der Waals surface area contributed by atoms with Crippen LogP contribution in [0.25, 0.3) is 0 Å². The first kappa shape index (κ1) is 15.6. The molecule has 1 fully saturated rings. The number of imidazole rings is 1. The number of ether oxygens (including phenoxy) is 1. The summed E-state index contributed by atoms with van der Waals surface area (Å²) in [4.78, 5) is 18.5. The van der Waals surface area contributed by atoms with Crippen LogP contribution in [0.3, 0.4) is 0 Å². The zero-order valence-electron chi connectivity index (χ0n) is 12.0. The molecular weight excluding hydrogens is 306 g/mol. The van der Waals surface area contributed by atoms with Crippen molar-refractivity contribution in [3.8, 4) is 0 Å². The molecule has 1 unspecified atom stereocenters. The number of allylic oxidation sites excluding steroid dienone is 1. The molecule has 0 spiro atoms. The van der Waals surface area contributed by atoms with E-state index < -0.39 is 24.2 Å². The molecule has 4 atom stereocenters. The van der Waals surface area contributed by atoms with Crippen LogP contribution in [0.2, 0.25) is 0 Å². The topological polar surface area (TPSA) is 155 Å². The van der Waals surface area contributed by atoms with Gasteiger partial charge in [-0.25, -0.2) is 9.98 Å². The van der Waals surface area contributed by atoms with Gasteiger partial charge in [-0.3, -0.25) is 9.36 Å². The number of carbonyl (C=O) groups excluding carboxylic acids is 1. The Morgan fingerprint density at radius 1 is 1.61 bits per heavy atom. The van der Waals surface area contributed by atoms with Crippen molar-refractivity contribution in [2.45, 2.75) is 30.6 Å². The van der Waals surface area contributed by atoms with E-state index in [1.165, 1.54) is 12.4 Å². The highest BCUT2D eigenvalue weighted by molar-refractivity contribution is 5.94. The van der Waals surface area contributed by atoms with E-state index in [9.17, 15) is 15.0 Å². The van der Waals surface area contributed by atoms with Crippen molar-refractivity contribution >= 4 is 18.1 Å². The van der Waals surface area contributed by atoms with E-state index in [1.54, 1.807) is 4.57 Å². The van der Waals surface area contributed by atoms with Gasteiger partial charge in [0.2, 0.25) is 5.72 Å². The van der Waals surface area contributed by atoms with E-state index in [0.29, 0.717) is 12.1 Å². The number of aliphatic hydroxyl groups excluding tert-OH is 2. The van der Waals surface area contributed by atoms with Crippen molar-refractivity contribution in [1.82, 2.24) is 9.55 Å². The second-order valence-electron chi connectivity index (χ2n) is 5.31. The number of carbonyl (C=O) groups is 1. The summed E-state index contributed by atoms with van der Waals surface area (Å²) in [5.74, 6) is 0.279. The summed E-state index contributed by atoms with van der Waals surface area (Å²) in [5, 5.41) is 32.4. The maximum atomic E-state index is 10.6. The van der Waals surface area contributed by atoms with Gasteiger partial charge in [-0.2, -0.15) is 0 Å². The zero-order valence-corrected chi connectivity index (χ0v) is 12.0. The minimum absolute atomic E-state index is 0.0606. The minimum atomic E-state index is -1.87. The maximum absolute atomic E-state index is 10.6. The van der Waals surface area contributed by atoms with Gasteiger partial charge in [0.25, 0.3) is 0 Å². The van der Waals surface area contributed by atoms with Crippen LogP contribution in [0.1, 0.15) is 18.3 Å². The number of aliphatic hydroxyl groups is 3. The van der Waals surface area contributed by atoms with Crippen LogP contribution in [-0.4, -0.2) is 55.9 Å². The third kappa shape index (κ3) is 2.61. The summed E-state index contributed by atoms with van der Waals surface area (Å²) < 4.78 is 7.12. The summed E-state index contributed by atoms with van der Waals surface area (Å²) in [5.41, 5.74) is 3.97. The van der Waals surface area contributed by atoms with Crippen molar-refractivity contribution in [3.05, 3.63) is 24.2 Å². The zero-order chi connectivity index (χ0) is 16.6. The van der Waals surface area contributed by atoms with Gasteiger partial charge in [-0.15, -0.1) is 0 Å². The van der Waals surface area contributed by atoms with Gasteiger partial charge < -0.3 is 31.1 Å². The lowest BCUT2D eigenvalue weighted by Crippen LogP contribution is -2.37. The Kier molecular flexibility index (Phi) is 3.90. The molecule has 3 heterocycles. The largest absolute Gasteiger partial charge is 0.394 e. The fourth-order valence-electron chi connectivity index (χ4n) is 2.70. The highest BCUT2D eigenvalue weighted by Gasteiger charge is 2.40. The predicted octanol–water partition coefficient (Wildman–Crippen LogP) is -1.84. The van der Waals surface area contributed by atoms with Crippen molar-refractivity contribution in [2.24, 2.45) is 10.7 Å². The Balaban J connectivity index is 1.97. The van der Waals surface area contributed by atoms with Crippen LogP contribution in [0.4, 0.5) is 5.82 Å². The lowest BCUT2D eigenvalue weighted by atomic mass is 10.1. The van der Waals surface area contributed by atoms with Gasteiger partial charge in [-0.05, 0) is 12.2 Å². The second kappa shape index (κ2) is 5.74. The summed E-state index contributed by atoms with van der Waals surface area (Å²) in [6.07, 6.45) is 2.33. The van der Waals surface area contributed by atoms with Gasteiger partial charge >= 0.3 is 0 Å². The van der Waals surface area contributed by atoms with E-state index in [-0.39, 0.29) is 24.7 Å². The lowest BCUT2D eigenvalue weighted by Gasteiger charge is -2.26. The van der Waals surface area contributed by atoms with Gasteiger partial charge in [0.05, 0.1) is 19.0 Å². The van der Waals surface area contributed by atoms with Crippen LogP contribution in [0.5, 0.6) is 0 Å². The fraction of sp³-hybridized carbons (Fsp3) is 0.462. The van der Waals surface area contributed by atoms with Gasteiger partial charge in [-0.1, -0.05) is 0 Å². The molecule has 3 rings (SSSR count). The quantitative estimate of drug-likeness (QED) is 0.320. The van der Waals surface area contributed by atoms with E-state index in [4.69, 9.17) is 15.6 Å². The summed E-state index contributed by atoms with van der Waals surface area (Å²) >= 11 is 0. The molecule has 0 aliphatic carbocycles. The molecule has 0 radical (unpaired) electrons. The van der Waals surface area contributed by atoms with Crippen LogP contribution in [0, 0.1) is 0 Å². The first-order valence-corrected chi connectivity index (χ1v) is 6.98. The van der Waals surface area contributed by atoms with E-state index in [1.807, 2.05) is 0 Å². The minimum Gasteiger partial charge on any atom is -0.394 e. The molecule has 1 aromatic heterocycles. The first-order chi connectivity index (χ1) is 11.0. The number of nitrogens with one attached hydrogen (secondary N) is 1. The second-order valence-corrected chi connectivity index (χ2v) is 5.31. The van der Waals surface area contributed by atoms with Gasteiger partial charge in [0, 0.05) is 6.42 Å². The molecule has 6 N–H and O–H groups in total. The third-order valence-corrected chi connectivity index (χ3v) is 3.78. The summed E-state index contributed by atoms with van der Waals surface area (Å²) in [7, 11) is 0. The number of anilines is 1. The van der Waals surface area contributed by atoms with E-state index in [2.05, 4.69) is 15.3 Å². The number of aromatic nitrogens is 2. The molecule has 1 saturated heterocycles. The van der Waals surface area contributed by atoms with E-state index in [0.717, 1.165) is 6.08 Å². The van der Waals surface area contributed by atoms with Crippen LogP contribution < -0.4 is 11.1 Å². The van der Waals surface area contributed by atoms with Crippen molar-refractivity contribution in [2.75, 3.05) is 11.9 Å². The molecule has 0 bridgehead atoms.